The van der Waals surface area contributed by atoms with Crippen LogP contribution in [0.25, 0.3) is 0 Å². The fourth-order valence-electron chi connectivity index (χ4n) is 3.42. The number of benzene rings is 2. The molecule has 1 saturated carbocycles. The van der Waals surface area contributed by atoms with Gasteiger partial charge in [0, 0.05) is 16.6 Å². The molecule has 162 valence electrons. The minimum atomic E-state index is -3.71. The molecule has 0 bridgehead atoms. The van der Waals surface area contributed by atoms with Crippen molar-refractivity contribution in [2.75, 3.05) is 11.0 Å². The Hall–Kier alpha value is -2.19. The van der Waals surface area contributed by atoms with Crippen LogP contribution in [0.15, 0.2) is 58.3 Å². The van der Waals surface area contributed by atoms with Crippen LogP contribution in [0.1, 0.15) is 39.0 Å². The number of thioether (sulfide) groups is 1. The highest BCUT2D eigenvalue weighted by atomic mass is 32.2. The number of carbonyl (C=O) groups is 1. The molecule has 3 rings (SSSR count). The molecular formula is C22H28N2O4S2. The zero-order valence-electron chi connectivity index (χ0n) is 17.3. The summed E-state index contributed by atoms with van der Waals surface area (Å²) < 4.78 is 33.6. The third-order valence-electron chi connectivity index (χ3n) is 5.09. The number of hydrogen-bond donors (Lipinski definition) is 2. The lowest BCUT2D eigenvalue weighted by molar-refractivity contribution is -0.128. The third-order valence-corrected chi connectivity index (χ3v) is 7.21. The van der Waals surface area contributed by atoms with Crippen molar-refractivity contribution in [3.05, 3.63) is 48.5 Å². The summed E-state index contributed by atoms with van der Waals surface area (Å²) in [6.45, 7) is 1.70. The van der Waals surface area contributed by atoms with Crippen molar-refractivity contribution >= 4 is 33.4 Å². The summed E-state index contributed by atoms with van der Waals surface area (Å²) >= 11 is 1.54. The molecule has 0 unspecified atom stereocenters. The van der Waals surface area contributed by atoms with Crippen LogP contribution in [0, 0.1) is 0 Å². The Labute approximate surface area is 182 Å². The predicted octanol–water partition coefficient (Wildman–Crippen LogP) is 4.43. The topological polar surface area (TPSA) is 84.5 Å². The number of rotatable bonds is 8. The summed E-state index contributed by atoms with van der Waals surface area (Å²) in [4.78, 5) is 13.5. The zero-order chi connectivity index (χ0) is 21.6. The number of sulfonamides is 1. The normalized spacial score (nSPS) is 15.9. The van der Waals surface area contributed by atoms with E-state index in [9.17, 15) is 13.2 Å². The van der Waals surface area contributed by atoms with Gasteiger partial charge in [0.05, 0.1) is 4.90 Å². The number of hydrogen-bond acceptors (Lipinski definition) is 5. The van der Waals surface area contributed by atoms with E-state index in [0.29, 0.717) is 11.4 Å². The molecule has 8 heteroatoms. The maximum atomic E-state index is 12.6. The van der Waals surface area contributed by atoms with Crippen LogP contribution >= 0.6 is 11.8 Å². The van der Waals surface area contributed by atoms with E-state index in [1.165, 1.54) is 18.6 Å². The minimum absolute atomic E-state index is 0.128. The first-order chi connectivity index (χ1) is 14.4. The largest absolute Gasteiger partial charge is 0.481 e. The van der Waals surface area contributed by atoms with Gasteiger partial charge in [-0.2, -0.15) is 0 Å². The minimum Gasteiger partial charge on any atom is -0.481 e. The molecule has 0 saturated heterocycles. The Morgan fingerprint density at radius 1 is 1.10 bits per heavy atom. The lowest BCUT2D eigenvalue weighted by atomic mass is 9.95. The smallest absolute Gasteiger partial charge is 0.261 e. The van der Waals surface area contributed by atoms with Gasteiger partial charge in [-0.1, -0.05) is 25.3 Å². The summed E-state index contributed by atoms with van der Waals surface area (Å²) in [7, 11) is -3.71. The molecule has 30 heavy (non-hydrogen) atoms. The van der Waals surface area contributed by atoms with Crippen LogP contribution in [0.4, 0.5) is 5.69 Å². The maximum absolute atomic E-state index is 12.6. The summed E-state index contributed by atoms with van der Waals surface area (Å²) in [6, 6.07) is 13.5. The molecule has 0 aromatic heterocycles. The first-order valence-electron chi connectivity index (χ1n) is 10.1. The second-order valence-corrected chi connectivity index (χ2v) is 9.97. The van der Waals surface area contributed by atoms with E-state index >= 15 is 0 Å². The van der Waals surface area contributed by atoms with E-state index in [1.54, 1.807) is 49.0 Å². The second-order valence-electron chi connectivity index (χ2n) is 7.41. The van der Waals surface area contributed by atoms with E-state index < -0.39 is 16.1 Å². The van der Waals surface area contributed by atoms with Crippen molar-refractivity contribution < 1.29 is 17.9 Å². The van der Waals surface area contributed by atoms with Crippen LogP contribution < -0.4 is 14.8 Å². The standard InChI is InChI=1S/C22H28N2O4S2/c1-16(22(25)23-17-7-4-3-5-8-17)28-19-11-13-21(14-12-19)30(26,27)24-18-9-6-10-20(15-18)29-2/h6,9-17,24H,3-5,7-8H2,1-2H3,(H,23,25)/t16-/m1/s1. The van der Waals surface area contributed by atoms with E-state index in [0.717, 1.165) is 30.6 Å². The average Bonchev–Trinajstić information content (AvgIpc) is 2.74. The van der Waals surface area contributed by atoms with Gasteiger partial charge in [-0.25, -0.2) is 8.42 Å². The fourth-order valence-corrected chi connectivity index (χ4v) is 4.93. The molecule has 2 aromatic rings. The molecule has 0 spiro atoms. The predicted molar refractivity (Wildman–Crippen MR) is 121 cm³/mol. The first kappa shape index (κ1) is 22.5. The van der Waals surface area contributed by atoms with E-state index in [2.05, 4.69) is 10.0 Å². The Morgan fingerprint density at radius 2 is 1.80 bits per heavy atom. The molecule has 1 amide bonds. The molecule has 1 aliphatic carbocycles. The Balaban J connectivity index is 1.59. The molecule has 2 aromatic carbocycles. The zero-order valence-corrected chi connectivity index (χ0v) is 18.9. The molecule has 1 fully saturated rings. The molecular weight excluding hydrogens is 420 g/mol. The van der Waals surface area contributed by atoms with Gasteiger partial charge in [0.15, 0.2) is 6.10 Å². The highest BCUT2D eigenvalue weighted by Crippen LogP contribution is 2.23. The highest BCUT2D eigenvalue weighted by Gasteiger charge is 2.21. The number of ether oxygens (including phenoxy) is 1. The quantitative estimate of drug-likeness (QED) is 0.584. The SMILES string of the molecule is CSc1cccc(NS(=O)(=O)c2ccc(O[C@H](C)C(=O)NC3CCCCC3)cc2)c1. The van der Waals surface area contributed by atoms with Gasteiger partial charge in [-0.15, -0.1) is 11.8 Å². The average molecular weight is 449 g/mol. The van der Waals surface area contributed by atoms with Crippen molar-refractivity contribution in [2.24, 2.45) is 0 Å². The van der Waals surface area contributed by atoms with Gasteiger partial charge in [0.2, 0.25) is 0 Å². The van der Waals surface area contributed by atoms with E-state index in [4.69, 9.17) is 4.74 Å². The number of anilines is 1. The molecule has 2 N–H and O–H groups in total. The Bertz CT molecular complexity index is 955. The number of amides is 1. The molecule has 0 radical (unpaired) electrons. The summed E-state index contributed by atoms with van der Waals surface area (Å²) in [5.41, 5.74) is 0.509. The molecule has 1 atom stereocenters. The van der Waals surface area contributed by atoms with Gasteiger partial charge >= 0.3 is 0 Å². The first-order valence-corrected chi connectivity index (χ1v) is 12.8. The molecule has 0 aliphatic heterocycles. The van der Waals surface area contributed by atoms with Crippen molar-refractivity contribution in [2.45, 2.75) is 61.0 Å². The van der Waals surface area contributed by atoms with Gasteiger partial charge in [-0.05, 0) is 68.5 Å². The highest BCUT2D eigenvalue weighted by molar-refractivity contribution is 7.98. The molecule has 1 aliphatic rings. The number of nitrogens with one attached hydrogen (secondary N) is 2. The van der Waals surface area contributed by atoms with Crippen LogP contribution in [-0.2, 0) is 14.8 Å². The van der Waals surface area contributed by atoms with Crippen LogP contribution in [0.3, 0.4) is 0 Å². The fraction of sp³-hybridized carbons (Fsp3) is 0.409. The summed E-state index contributed by atoms with van der Waals surface area (Å²) in [6.07, 6.45) is 6.82. The maximum Gasteiger partial charge on any atom is 0.261 e. The van der Waals surface area contributed by atoms with Gasteiger partial charge in [0.1, 0.15) is 5.75 Å². The van der Waals surface area contributed by atoms with Crippen molar-refractivity contribution in [1.29, 1.82) is 0 Å². The number of carbonyl (C=O) groups excluding carboxylic acids is 1. The van der Waals surface area contributed by atoms with Crippen molar-refractivity contribution in [3.8, 4) is 5.75 Å². The lowest BCUT2D eigenvalue weighted by Gasteiger charge is -2.24. The van der Waals surface area contributed by atoms with Crippen LogP contribution in [-0.4, -0.2) is 32.7 Å². The molecule has 0 heterocycles. The van der Waals surface area contributed by atoms with Crippen molar-refractivity contribution in [1.82, 2.24) is 5.32 Å². The van der Waals surface area contributed by atoms with Crippen LogP contribution in [0.5, 0.6) is 5.75 Å². The van der Waals surface area contributed by atoms with Gasteiger partial charge in [-0.3, -0.25) is 9.52 Å². The van der Waals surface area contributed by atoms with Gasteiger partial charge in [0.25, 0.3) is 15.9 Å². The molecule has 6 nitrogen and oxygen atoms in total. The second kappa shape index (κ2) is 10.2. The summed E-state index contributed by atoms with van der Waals surface area (Å²) in [5.74, 6) is 0.304. The third kappa shape index (κ3) is 6.15. The van der Waals surface area contributed by atoms with E-state index in [1.807, 2.05) is 12.3 Å². The van der Waals surface area contributed by atoms with Crippen molar-refractivity contribution in [3.63, 3.8) is 0 Å². The van der Waals surface area contributed by atoms with E-state index in [-0.39, 0.29) is 16.8 Å². The Kier molecular flexibility index (Phi) is 7.66. The summed E-state index contributed by atoms with van der Waals surface area (Å²) in [5, 5.41) is 3.04. The van der Waals surface area contributed by atoms with Crippen LogP contribution in [0.2, 0.25) is 0 Å². The Morgan fingerprint density at radius 3 is 2.47 bits per heavy atom. The lowest BCUT2D eigenvalue weighted by Crippen LogP contribution is -2.43. The monoisotopic (exact) mass is 448 g/mol. The van der Waals surface area contributed by atoms with Gasteiger partial charge < -0.3 is 10.1 Å².